The van der Waals surface area contributed by atoms with E-state index in [1.165, 1.54) is 31.2 Å². The monoisotopic (exact) mass is 392 g/mol. The second-order valence-electron chi connectivity index (χ2n) is 7.29. The molecule has 0 radical (unpaired) electrons. The highest BCUT2D eigenvalue weighted by Crippen LogP contribution is 2.09. The Morgan fingerprint density at radius 1 is 1.33 bits per heavy atom. The van der Waals surface area contributed by atoms with E-state index in [1.807, 2.05) is 18.5 Å². The van der Waals surface area contributed by atoms with Crippen molar-refractivity contribution in [2.75, 3.05) is 39.4 Å². The summed E-state index contributed by atoms with van der Waals surface area (Å²) in [5.41, 5.74) is 1.20. The highest BCUT2D eigenvalue weighted by Gasteiger charge is 2.17. The van der Waals surface area contributed by atoms with Gasteiger partial charge in [0, 0.05) is 51.2 Å². The first-order chi connectivity index (χ1) is 13.2. The number of hydrogen-bond donors (Lipinski definition) is 1. The van der Waals surface area contributed by atoms with Crippen molar-refractivity contribution in [2.24, 2.45) is 0 Å². The van der Waals surface area contributed by atoms with Crippen LogP contribution in [0.1, 0.15) is 51.5 Å². The Kier molecular flexibility index (Phi) is 10.6. The van der Waals surface area contributed by atoms with Crippen molar-refractivity contribution in [2.45, 2.75) is 58.5 Å². The molecule has 1 fully saturated rings. The van der Waals surface area contributed by atoms with Crippen LogP contribution in [0.25, 0.3) is 0 Å². The van der Waals surface area contributed by atoms with Gasteiger partial charge in [-0.05, 0) is 36.7 Å². The second kappa shape index (κ2) is 13.0. The van der Waals surface area contributed by atoms with Crippen LogP contribution in [0.2, 0.25) is 0 Å². The predicted octanol–water partition coefficient (Wildman–Crippen LogP) is 3.45. The molecule has 2 rings (SSSR count). The number of ether oxygens (including phenoxy) is 1. The maximum absolute atomic E-state index is 5.81. The van der Waals surface area contributed by atoms with Gasteiger partial charge in [-0.1, -0.05) is 39.2 Å². The molecule has 6 heteroatoms. The predicted molar refractivity (Wildman–Crippen MR) is 116 cm³/mol. The Morgan fingerprint density at radius 3 is 2.81 bits per heavy atom. The largest absolute Gasteiger partial charge is 0.379 e. The van der Waals surface area contributed by atoms with E-state index >= 15 is 0 Å². The third-order valence-corrected chi connectivity index (χ3v) is 5.53. The average molecular weight is 393 g/mol. The maximum Gasteiger partial charge on any atom is 0.169 e. The molecule has 1 unspecified atom stereocenters. The number of pyridine rings is 1. The first-order valence-corrected chi connectivity index (χ1v) is 10.9. The zero-order valence-corrected chi connectivity index (χ0v) is 17.8. The highest BCUT2D eigenvalue weighted by molar-refractivity contribution is 7.80. The summed E-state index contributed by atoms with van der Waals surface area (Å²) < 4.78 is 5.46. The molecule has 1 atom stereocenters. The maximum atomic E-state index is 5.81. The minimum absolute atomic E-state index is 0.462. The number of unbranched alkanes of at least 4 members (excludes halogenated alkanes) is 2. The van der Waals surface area contributed by atoms with Crippen molar-refractivity contribution in [1.29, 1.82) is 0 Å². The first-order valence-electron chi connectivity index (χ1n) is 10.5. The minimum atomic E-state index is 0.462. The van der Waals surface area contributed by atoms with Gasteiger partial charge in [0.25, 0.3) is 0 Å². The van der Waals surface area contributed by atoms with Crippen molar-refractivity contribution in [3.05, 3.63) is 30.1 Å². The number of morpholine rings is 1. The number of nitrogens with one attached hydrogen (secondary N) is 1. The van der Waals surface area contributed by atoms with Gasteiger partial charge in [-0.3, -0.25) is 9.88 Å². The molecular formula is C21H36N4OS. The minimum Gasteiger partial charge on any atom is -0.379 e. The molecule has 1 aromatic heterocycles. The fourth-order valence-electron chi connectivity index (χ4n) is 3.34. The zero-order chi connectivity index (χ0) is 19.3. The summed E-state index contributed by atoms with van der Waals surface area (Å²) in [5.74, 6) is 0. The normalized spacial score (nSPS) is 16.1. The van der Waals surface area contributed by atoms with Crippen molar-refractivity contribution in [1.82, 2.24) is 20.1 Å². The number of aromatic nitrogens is 1. The second-order valence-corrected chi connectivity index (χ2v) is 7.67. The molecular weight excluding hydrogens is 356 g/mol. The van der Waals surface area contributed by atoms with Gasteiger partial charge in [-0.25, -0.2) is 0 Å². The molecule has 1 saturated heterocycles. The molecule has 27 heavy (non-hydrogen) atoms. The van der Waals surface area contributed by atoms with Crippen molar-refractivity contribution < 1.29 is 4.74 Å². The number of thiocarbonyl (C=S) groups is 1. The van der Waals surface area contributed by atoms with Crippen LogP contribution >= 0.6 is 12.2 Å². The van der Waals surface area contributed by atoms with Crippen LogP contribution in [0.5, 0.6) is 0 Å². The van der Waals surface area contributed by atoms with Crippen LogP contribution in [-0.2, 0) is 11.3 Å². The van der Waals surface area contributed by atoms with Gasteiger partial charge >= 0.3 is 0 Å². The third kappa shape index (κ3) is 8.54. The van der Waals surface area contributed by atoms with Crippen LogP contribution in [0, 0.1) is 0 Å². The fraction of sp³-hybridized carbons (Fsp3) is 0.714. The van der Waals surface area contributed by atoms with Crippen molar-refractivity contribution in [3.8, 4) is 0 Å². The highest BCUT2D eigenvalue weighted by atomic mass is 32.1. The van der Waals surface area contributed by atoms with Gasteiger partial charge in [0.05, 0.1) is 13.2 Å². The van der Waals surface area contributed by atoms with E-state index in [2.05, 4.69) is 40.0 Å². The summed E-state index contributed by atoms with van der Waals surface area (Å²) in [5, 5.41) is 4.50. The van der Waals surface area contributed by atoms with Crippen LogP contribution in [-0.4, -0.2) is 65.3 Å². The van der Waals surface area contributed by atoms with E-state index in [9.17, 15) is 0 Å². The molecule has 0 saturated carbocycles. The van der Waals surface area contributed by atoms with Crippen molar-refractivity contribution in [3.63, 3.8) is 0 Å². The molecule has 2 heterocycles. The van der Waals surface area contributed by atoms with Gasteiger partial charge in [-0.2, -0.15) is 0 Å². The Bertz CT molecular complexity index is 522. The van der Waals surface area contributed by atoms with E-state index in [0.717, 1.165) is 57.5 Å². The molecule has 0 amide bonds. The molecule has 1 N–H and O–H groups in total. The van der Waals surface area contributed by atoms with E-state index in [4.69, 9.17) is 17.0 Å². The first kappa shape index (κ1) is 22.1. The smallest absolute Gasteiger partial charge is 0.169 e. The molecule has 1 aromatic rings. The summed E-state index contributed by atoms with van der Waals surface area (Å²) >= 11 is 5.81. The summed E-state index contributed by atoms with van der Waals surface area (Å²) in [7, 11) is 0. The summed E-state index contributed by atoms with van der Waals surface area (Å²) in [6.45, 7) is 10.9. The Morgan fingerprint density at radius 2 is 2.15 bits per heavy atom. The summed E-state index contributed by atoms with van der Waals surface area (Å²) in [6, 6.07) is 4.57. The molecule has 1 aliphatic heterocycles. The van der Waals surface area contributed by atoms with Crippen LogP contribution in [0.15, 0.2) is 24.5 Å². The SMILES string of the molecule is CCCCCC(CC)NC(=S)N(CCN1CCOCC1)Cc1cccnc1. The molecule has 0 aromatic carbocycles. The van der Waals surface area contributed by atoms with Crippen LogP contribution in [0.3, 0.4) is 0 Å². The Labute approximate surface area is 170 Å². The van der Waals surface area contributed by atoms with Gasteiger partial charge in [0.15, 0.2) is 5.11 Å². The average Bonchev–Trinajstić information content (AvgIpc) is 2.71. The lowest BCUT2D eigenvalue weighted by atomic mass is 10.1. The van der Waals surface area contributed by atoms with E-state index < -0.39 is 0 Å². The van der Waals surface area contributed by atoms with Crippen LogP contribution in [0.4, 0.5) is 0 Å². The summed E-state index contributed by atoms with van der Waals surface area (Å²) in [4.78, 5) is 9.01. The van der Waals surface area contributed by atoms with E-state index in [-0.39, 0.29) is 0 Å². The van der Waals surface area contributed by atoms with Crippen molar-refractivity contribution >= 4 is 17.3 Å². The topological polar surface area (TPSA) is 40.6 Å². The van der Waals surface area contributed by atoms with Gasteiger partial charge in [0.1, 0.15) is 0 Å². The van der Waals surface area contributed by atoms with Gasteiger partial charge in [-0.15, -0.1) is 0 Å². The standard InChI is InChI=1S/C21H36N4OS/c1-3-5-6-9-20(4-2)23-21(27)25(18-19-8-7-10-22-17-19)12-11-24-13-15-26-16-14-24/h7-8,10,17,20H,3-6,9,11-16,18H2,1-2H3,(H,23,27). The Balaban J connectivity index is 1.92. The third-order valence-electron chi connectivity index (χ3n) is 5.15. The Hall–Kier alpha value is -1.24. The van der Waals surface area contributed by atoms with E-state index in [0.29, 0.717) is 6.04 Å². The molecule has 152 valence electrons. The lowest BCUT2D eigenvalue weighted by molar-refractivity contribution is 0.0357. The lowest BCUT2D eigenvalue weighted by Crippen LogP contribution is -2.48. The zero-order valence-electron chi connectivity index (χ0n) is 17.0. The summed E-state index contributed by atoms with van der Waals surface area (Å²) in [6.07, 6.45) is 9.86. The molecule has 1 aliphatic rings. The molecule has 0 bridgehead atoms. The van der Waals surface area contributed by atoms with Crippen LogP contribution < -0.4 is 5.32 Å². The number of nitrogens with zero attached hydrogens (tertiary/aromatic N) is 3. The van der Waals surface area contributed by atoms with Gasteiger partial charge in [0.2, 0.25) is 0 Å². The van der Waals surface area contributed by atoms with E-state index in [1.54, 1.807) is 0 Å². The lowest BCUT2D eigenvalue weighted by Gasteiger charge is -2.32. The number of hydrogen-bond acceptors (Lipinski definition) is 4. The fourth-order valence-corrected chi connectivity index (χ4v) is 3.66. The molecule has 0 spiro atoms. The quantitative estimate of drug-likeness (QED) is 0.459. The number of rotatable bonds is 11. The molecule has 5 nitrogen and oxygen atoms in total. The van der Waals surface area contributed by atoms with Gasteiger partial charge < -0.3 is 15.0 Å². The molecule has 0 aliphatic carbocycles.